The molecule has 2 aromatic rings. The van der Waals surface area contributed by atoms with Crippen LogP contribution in [0.3, 0.4) is 0 Å². The first-order valence-corrected chi connectivity index (χ1v) is 12.5. The standard InChI is InChI=1S/C28H36N2O8/c1-20(31)3-14-27(34)38-24-11-6-22(7-12-24)19-25(28(35)29-15-16-37-18-17-36-2)30-26(33)13-8-21-4-9-23(32)10-5-21/h4-7,9-12,25,32H,3,8,13-19H2,1-2H3,(H,29,35)(H,30,33). The molecular formula is C28H36N2O8. The first-order valence-electron chi connectivity index (χ1n) is 12.5. The molecule has 0 saturated heterocycles. The Morgan fingerprint density at radius 2 is 1.55 bits per heavy atom. The Balaban J connectivity index is 1.96. The number of Topliss-reactive ketones (excluding diaryl/α,β-unsaturated/α-hetero) is 1. The largest absolute Gasteiger partial charge is 0.508 e. The van der Waals surface area contributed by atoms with Crippen molar-refractivity contribution >= 4 is 23.6 Å². The minimum Gasteiger partial charge on any atom is -0.508 e. The smallest absolute Gasteiger partial charge is 0.311 e. The first-order chi connectivity index (χ1) is 18.3. The van der Waals surface area contributed by atoms with Crippen molar-refractivity contribution in [3.63, 3.8) is 0 Å². The Morgan fingerprint density at radius 1 is 0.868 bits per heavy atom. The molecule has 38 heavy (non-hydrogen) atoms. The molecule has 0 radical (unpaired) electrons. The maximum Gasteiger partial charge on any atom is 0.311 e. The van der Waals surface area contributed by atoms with E-state index in [1.807, 2.05) is 0 Å². The monoisotopic (exact) mass is 528 g/mol. The van der Waals surface area contributed by atoms with Crippen LogP contribution < -0.4 is 15.4 Å². The molecular weight excluding hydrogens is 492 g/mol. The summed E-state index contributed by atoms with van der Waals surface area (Å²) in [5.41, 5.74) is 1.64. The molecule has 0 aliphatic rings. The van der Waals surface area contributed by atoms with E-state index in [2.05, 4.69) is 10.6 Å². The fraction of sp³-hybridized carbons (Fsp3) is 0.429. The number of aromatic hydroxyl groups is 1. The number of phenolic OH excluding ortho intramolecular Hbond substituents is 1. The van der Waals surface area contributed by atoms with Crippen molar-refractivity contribution in [1.29, 1.82) is 0 Å². The molecule has 2 aromatic carbocycles. The molecule has 2 amide bonds. The van der Waals surface area contributed by atoms with E-state index in [0.29, 0.717) is 32.0 Å². The van der Waals surface area contributed by atoms with E-state index in [-0.39, 0.29) is 55.6 Å². The summed E-state index contributed by atoms with van der Waals surface area (Å²) in [6, 6.07) is 12.4. The van der Waals surface area contributed by atoms with Crippen molar-refractivity contribution < 1.29 is 38.5 Å². The number of benzene rings is 2. The highest BCUT2D eigenvalue weighted by atomic mass is 16.5. The van der Waals surface area contributed by atoms with E-state index in [1.54, 1.807) is 55.6 Å². The molecule has 0 bridgehead atoms. The molecule has 10 nitrogen and oxygen atoms in total. The summed E-state index contributed by atoms with van der Waals surface area (Å²) in [6.07, 6.45) is 0.976. The van der Waals surface area contributed by atoms with Gasteiger partial charge in [0.25, 0.3) is 0 Å². The molecule has 1 unspecified atom stereocenters. The van der Waals surface area contributed by atoms with E-state index in [4.69, 9.17) is 14.2 Å². The van der Waals surface area contributed by atoms with E-state index >= 15 is 0 Å². The van der Waals surface area contributed by atoms with Gasteiger partial charge in [0.1, 0.15) is 23.3 Å². The molecule has 0 aliphatic carbocycles. The number of nitrogens with one attached hydrogen (secondary N) is 2. The lowest BCUT2D eigenvalue weighted by Crippen LogP contribution is -2.48. The number of carbonyl (C=O) groups excluding carboxylic acids is 4. The van der Waals surface area contributed by atoms with Crippen molar-refractivity contribution in [2.45, 2.75) is 45.1 Å². The molecule has 0 spiro atoms. The minimum atomic E-state index is -0.828. The normalized spacial score (nSPS) is 11.4. The van der Waals surface area contributed by atoms with Gasteiger partial charge in [-0.2, -0.15) is 0 Å². The lowest BCUT2D eigenvalue weighted by Gasteiger charge is -2.19. The number of aryl methyl sites for hydroxylation is 1. The van der Waals surface area contributed by atoms with Crippen LogP contribution in [0.25, 0.3) is 0 Å². The second-order valence-corrected chi connectivity index (χ2v) is 8.71. The Kier molecular flexibility index (Phi) is 13.5. The van der Waals surface area contributed by atoms with Crippen molar-refractivity contribution in [3.05, 3.63) is 59.7 Å². The van der Waals surface area contributed by atoms with Crippen LogP contribution in [0.5, 0.6) is 11.5 Å². The summed E-state index contributed by atoms with van der Waals surface area (Å²) in [4.78, 5) is 48.4. The van der Waals surface area contributed by atoms with E-state index in [9.17, 15) is 24.3 Å². The van der Waals surface area contributed by atoms with Gasteiger partial charge in [-0.15, -0.1) is 0 Å². The van der Waals surface area contributed by atoms with Crippen molar-refractivity contribution in [1.82, 2.24) is 10.6 Å². The van der Waals surface area contributed by atoms with Crippen LogP contribution in [0.4, 0.5) is 0 Å². The summed E-state index contributed by atoms with van der Waals surface area (Å²) in [5, 5.41) is 15.0. The molecule has 206 valence electrons. The van der Waals surface area contributed by atoms with Gasteiger partial charge < -0.3 is 34.7 Å². The van der Waals surface area contributed by atoms with Crippen LogP contribution in [-0.2, 0) is 41.5 Å². The fourth-order valence-corrected chi connectivity index (χ4v) is 3.40. The third-order valence-electron chi connectivity index (χ3n) is 5.48. The highest BCUT2D eigenvalue weighted by Crippen LogP contribution is 2.15. The number of carbonyl (C=O) groups is 4. The average molecular weight is 529 g/mol. The van der Waals surface area contributed by atoms with Gasteiger partial charge in [0, 0.05) is 32.9 Å². The zero-order valence-electron chi connectivity index (χ0n) is 21.9. The first kappa shape index (κ1) is 30.5. The second kappa shape index (κ2) is 16.9. The number of amides is 2. The van der Waals surface area contributed by atoms with Gasteiger partial charge >= 0.3 is 5.97 Å². The Hall–Kier alpha value is -3.76. The Labute approximate surface area is 222 Å². The predicted octanol–water partition coefficient (Wildman–Crippen LogP) is 2.11. The number of rotatable bonds is 17. The van der Waals surface area contributed by atoms with Crippen molar-refractivity contribution in [2.24, 2.45) is 0 Å². The zero-order chi connectivity index (χ0) is 27.8. The molecule has 0 aliphatic heterocycles. The highest BCUT2D eigenvalue weighted by molar-refractivity contribution is 5.88. The van der Waals surface area contributed by atoms with Crippen LogP contribution in [0.1, 0.15) is 37.3 Å². The number of phenols is 1. The van der Waals surface area contributed by atoms with Gasteiger partial charge in [-0.25, -0.2) is 0 Å². The summed E-state index contributed by atoms with van der Waals surface area (Å²) >= 11 is 0. The van der Waals surface area contributed by atoms with Crippen LogP contribution in [0.15, 0.2) is 48.5 Å². The molecule has 0 heterocycles. The van der Waals surface area contributed by atoms with Gasteiger partial charge in [-0.3, -0.25) is 14.4 Å². The van der Waals surface area contributed by atoms with Gasteiger partial charge in [-0.05, 0) is 48.7 Å². The third kappa shape index (κ3) is 12.5. The zero-order valence-corrected chi connectivity index (χ0v) is 21.9. The summed E-state index contributed by atoms with van der Waals surface area (Å²) in [5.74, 6) is -0.747. The number of methoxy groups -OCH3 is 1. The van der Waals surface area contributed by atoms with Crippen LogP contribution >= 0.6 is 0 Å². The maximum absolute atomic E-state index is 12.9. The van der Waals surface area contributed by atoms with Crippen LogP contribution in [0.2, 0.25) is 0 Å². The van der Waals surface area contributed by atoms with E-state index < -0.39 is 12.0 Å². The number of esters is 1. The maximum atomic E-state index is 12.9. The summed E-state index contributed by atoms with van der Waals surface area (Å²) in [7, 11) is 1.57. The van der Waals surface area contributed by atoms with Gasteiger partial charge in [0.15, 0.2) is 0 Å². The average Bonchev–Trinajstić information content (AvgIpc) is 2.89. The van der Waals surface area contributed by atoms with Crippen LogP contribution in [-0.4, -0.2) is 68.2 Å². The lowest BCUT2D eigenvalue weighted by atomic mass is 10.0. The molecule has 0 saturated carbocycles. The topological polar surface area (TPSA) is 140 Å². The minimum absolute atomic E-state index is 0.00465. The van der Waals surface area contributed by atoms with Gasteiger partial charge in [-0.1, -0.05) is 24.3 Å². The van der Waals surface area contributed by atoms with Gasteiger partial charge in [0.2, 0.25) is 11.8 Å². The van der Waals surface area contributed by atoms with E-state index in [0.717, 1.165) is 11.1 Å². The predicted molar refractivity (Wildman–Crippen MR) is 140 cm³/mol. The van der Waals surface area contributed by atoms with Crippen molar-refractivity contribution in [2.75, 3.05) is 33.5 Å². The Morgan fingerprint density at radius 3 is 2.21 bits per heavy atom. The highest BCUT2D eigenvalue weighted by Gasteiger charge is 2.21. The number of ketones is 1. The number of hydrogen-bond acceptors (Lipinski definition) is 8. The molecule has 3 N–H and O–H groups in total. The number of ether oxygens (including phenoxy) is 3. The molecule has 2 rings (SSSR count). The molecule has 1 atom stereocenters. The quantitative estimate of drug-likeness (QED) is 0.161. The van der Waals surface area contributed by atoms with Crippen LogP contribution in [0, 0.1) is 0 Å². The molecule has 0 fully saturated rings. The fourth-order valence-electron chi connectivity index (χ4n) is 3.40. The number of hydrogen-bond donors (Lipinski definition) is 3. The van der Waals surface area contributed by atoms with Crippen molar-refractivity contribution in [3.8, 4) is 11.5 Å². The van der Waals surface area contributed by atoms with E-state index in [1.165, 1.54) is 6.92 Å². The lowest BCUT2D eigenvalue weighted by molar-refractivity contribution is -0.136. The second-order valence-electron chi connectivity index (χ2n) is 8.71. The molecule has 0 aromatic heterocycles. The SMILES string of the molecule is COCCOCCNC(=O)C(Cc1ccc(OC(=O)CCC(C)=O)cc1)NC(=O)CCc1ccc(O)cc1. The summed E-state index contributed by atoms with van der Waals surface area (Å²) < 4.78 is 15.5. The third-order valence-corrected chi connectivity index (χ3v) is 5.48. The summed E-state index contributed by atoms with van der Waals surface area (Å²) in [6.45, 7) is 2.86. The van der Waals surface area contributed by atoms with Gasteiger partial charge in [0.05, 0.1) is 26.2 Å². The Bertz CT molecular complexity index is 1040. The molecule has 10 heteroatoms.